The molecule has 0 radical (unpaired) electrons. The van der Waals surface area contributed by atoms with Crippen LogP contribution in [0.25, 0.3) is 10.9 Å². The lowest BCUT2D eigenvalue weighted by Gasteiger charge is -2.25. The van der Waals surface area contributed by atoms with Gasteiger partial charge in [-0.2, -0.15) is 0 Å². The Balaban J connectivity index is 1.31. The molecule has 0 spiro atoms. The number of aromatic nitrogens is 1. The Labute approximate surface area is 164 Å². The molecule has 1 aromatic carbocycles. The van der Waals surface area contributed by atoms with Crippen molar-refractivity contribution in [3.05, 3.63) is 30.0 Å². The molecular formula is C21H28N4O3. The third-order valence-corrected chi connectivity index (χ3v) is 5.94. The van der Waals surface area contributed by atoms with Crippen LogP contribution in [0.1, 0.15) is 42.6 Å². The Morgan fingerprint density at radius 2 is 2.00 bits per heavy atom. The lowest BCUT2D eigenvalue weighted by molar-refractivity contribution is -0.122. The van der Waals surface area contributed by atoms with Gasteiger partial charge in [-0.1, -0.05) is 6.07 Å². The van der Waals surface area contributed by atoms with Gasteiger partial charge < -0.3 is 20.4 Å². The van der Waals surface area contributed by atoms with E-state index < -0.39 is 0 Å². The minimum atomic E-state index is -0.124. The van der Waals surface area contributed by atoms with Gasteiger partial charge in [0.2, 0.25) is 5.91 Å². The molecule has 2 amide bonds. The molecule has 7 heteroatoms. The van der Waals surface area contributed by atoms with Crippen molar-refractivity contribution in [2.45, 2.75) is 50.2 Å². The Morgan fingerprint density at radius 1 is 1.21 bits per heavy atom. The quantitative estimate of drug-likeness (QED) is 0.682. The fourth-order valence-electron chi connectivity index (χ4n) is 4.04. The highest BCUT2D eigenvalue weighted by Gasteiger charge is 2.33. The highest BCUT2D eigenvalue weighted by atomic mass is 16.5. The Morgan fingerprint density at radius 3 is 2.75 bits per heavy atom. The van der Waals surface area contributed by atoms with E-state index in [1.807, 2.05) is 31.3 Å². The van der Waals surface area contributed by atoms with Gasteiger partial charge in [-0.25, -0.2) is 0 Å². The van der Waals surface area contributed by atoms with Crippen molar-refractivity contribution in [3.8, 4) is 5.75 Å². The van der Waals surface area contributed by atoms with Gasteiger partial charge in [0.1, 0.15) is 11.4 Å². The molecule has 2 heterocycles. The second-order valence-corrected chi connectivity index (χ2v) is 7.91. The summed E-state index contributed by atoms with van der Waals surface area (Å²) in [4.78, 5) is 30.1. The van der Waals surface area contributed by atoms with E-state index in [-0.39, 0.29) is 23.9 Å². The molecule has 2 aliphatic rings. The Bertz CT molecular complexity index is 874. The number of amides is 2. The van der Waals surface area contributed by atoms with Crippen molar-refractivity contribution in [3.63, 3.8) is 0 Å². The van der Waals surface area contributed by atoms with Gasteiger partial charge in [0, 0.05) is 42.0 Å². The van der Waals surface area contributed by atoms with Crippen molar-refractivity contribution in [1.82, 2.24) is 20.5 Å². The number of carbonyl (C=O) groups is 2. The number of benzene rings is 1. The number of H-pyrrole nitrogens is 1. The largest absolute Gasteiger partial charge is 0.496 e. The maximum atomic E-state index is 12.6. The zero-order valence-corrected chi connectivity index (χ0v) is 16.5. The number of hydrogen-bond acceptors (Lipinski definition) is 4. The van der Waals surface area contributed by atoms with Crippen LogP contribution in [0.15, 0.2) is 24.3 Å². The average molecular weight is 384 g/mol. The maximum absolute atomic E-state index is 12.6. The minimum Gasteiger partial charge on any atom is -0.496 e. The number of hydrogen-bond donors (Lipinski definition) is 3. The van der Waals surface area contributed by atoms with Crippen molar-refractivity contribution in [2.24, 2.45) is 0 Å². The SMILES string of the molecule is COc1cccc2[nH]c(C(=O)NC[C@@H]3CC[C@H](CC(=O)NC4CC4)N3C)cc12. The first-order valence-corrected chi connectivity index (χ1v) is 10.0. The van der Waals surface area contributed by atoms with Crippen molar-refractivity contribution in [1.29, 1.82) is 0 Å². The summed E-state index contributed by atoms with van der Waals surface area (Å²) in [7, 11) is 3.67. The number of methoxy groups -OCH3 is 1. The molecule has 0 unspecified atom stereocenters. The maximum Gasteiger partial charge on any atom is 0.267 e. The molecule has 1 aliphatic heterocycles. The number of carbonyl (C=O) groups excluding carboxylic acids is 2. The van der Waals surface area contributed by atoms with Crippen molar-refractivity contribution in [2.75, 3.05) is 20.7 Å². The molecule has 1 saturated carbocycles. The normalized spacial score (nSPS) is 22.4. The molecule has 1 aromatic heterocycles. The molecule has 3 N–H and O–H groups in total. The van der Waals surface area contributed by atoms with E-state index in [1.54, 1.807) is 7.11 Å². The second-order valence-electron chi connectivity index (χ2n) is 7.91. The van der Waals surface area contributed by atoms with Gasteiger partial charge in [-0.05, 0) is 50.9 Å². The highest BCUT2D eigenvalue weighted by molar-refractivity contribution is 5.99. The predicted molar refractivity (Wildman–Crippen MR) is 108 cm³/mol. The van der Waals surface area contributed by atoms with Gasteiger partial charge in [-0.3, -0.25) is 14.5 Å². The molecule has 4 rings (SSSR count). The zero-order chi connectivity index (χ0) is 19.7. The van der Waals surface area contributed by atoms with Gasteiger partial charge in [-0.15, -0.1) is 0 Å². The highest BCUT2D eigenvalue weighted by Crippen LogP contribution is 2.27. The standard InChI is InChI=1S/C21H28N4O3/c1-25-14(10-20(26)23-13-6-7-13)8-9-15(25)12-22-21(27)18-11-16-17(24-18)4-3-5-19(16)28-2/h3-5,11,13-15,24H,6-10,12H2,1-2H3,(H,22,27)(H,23,26)/t14-,15+/m1/s1. The molecule has 1 aliphatic carbocycles. The van der Waals surface area contributed by atoms with Crippen LogP contribution in [-0.2, 0) is 4.79 Å². The predicted octanol–water partition coefficient (Wildman–Crippen LogP) is 2.04. The number of ether oxygens (including phenoxy) is 1. The van der Waals surface area contributed by atoms with Crippen molar-refractivity contribution >= 4 is 22.7 Å². The number of nitrogens with zero attached hydrogens (tertiary/aromatic N) is 1. The smallest absolute Gasteiger partial charge is 0.267 e. The Kier molecular flexibility index (Phi) is 5.26. The summed E-state index contributed by atoms with van der Waals surface area (Å²) in [5.41, 5.74) is 1.41. The first kappa shape index (κ1) is 18.8. The van der Waals surface area contributed by atoms with Gasteiger partial charge >= 0.3 is 0 Å². The summed E-state index contributed by atoms with van der Waals surface area (Å²) in [6, 6.07) is 8.43. The van der Waals surface area contributed by atoms with E-state index in [0.717, 1.165) is 42.3 Å². The molecule has 2 fully saturated rings. The van der Waals surface area contributed by atoms with Crippen LogP contribution in [0.3, 0.4) is 0 Å². The average Bonchev–Trinajstić information content (AvgIpc) is 3.27. The lowest BCUT2D eigenvalue weighted by atomic mass is 10.1. The van der Waals surface area contributed by atoms with Crippen molar-refractivity contribution < 1.29 is 14.3 Å². The monoisotopic (exact) mass is 384 g/mol. The van der Waals surface area contributed by atoms with Crippen LogP contribution in [0.4, 0.5) is 0 Å². The van der Waals surface area contributed by atoms with Gasteiger partial charge in [0.25, 0.3) is 5.91 Å². The fraction of sp³-hybridized carbons (Fsp3) is 0.524. The molecule has 0 bridgehead atoms. The minimum absolute atomic E-state index is 0.124. The number of rotatable bonds is 7. The molecular weight excluding hydrogens is 356 g/mol. The molecule has 2 atom stereocenters. The lowest BCUT2D eigenvalue weighted by Crippen LogP contribution is -2.42. The summed E-state index contributed by atoms with van der Waals surface area (Å²) in [6.07, 6.45) is 4.73. The summed E-state index contributed by atoms with van der Waals surface area (Å²) >= 11 is 0. The molecule has 2 aromatic rings. The first-order chi connectivity index (χ1) is 13.5. The number of aromatic amines is 1. The van der Waals surface area contributed by atoms with Crippen LogP contribution in [-0.4, -0.2) is 60.5 Å². The summed E-state index contributed by atoms with van der Waals surface area (Å²) in [6.45, 7) is 0.572. The van der Waals surface area contributed by atoms with E-state index in [2.05, 4.69) is 20.5 Å². The third-order valence-electron chi connectivity index (χ3n) is 5.94. The topological polar surface area (TPSA) is 86.5 Å². The first-order valence-electron chi connectivity index (χ1n) is 10.0. The van der Waals surface area contributed by atoms with Crippen LogP contribution in [0.5, 0.6) is 5.75 Å². The van der Waals surface area contributed by atoms with Gasteiger partial charge in [0.15, 0.2) is 0 Å². The van der Waals surface area contributed by atoms with Gasteiger partial charge in [0.05, 0.1) is 7.11 Å². The number of likely N-dealkylation sites (tertiary alicyclic amines) is 1. The second kappa shape index (κ2) is 7.83. The van der Waals surface area contributed by atoms with E-state index in [0.29, 0.717) is 24.7 Å². The Hall–Kier alpha value is -2.54. The van der Waals surface area contributed by atoms with E-state index >= 15 is 0 Å². The summed E-state index contributed by atoms with van der Waals surface area (Å²) in [5, 5.41) is 6.99. The van der Waals surface area contributed by atoms with E-state index in [4.69, 9.17) is 4.74 Å². The molecule has 7 nitrogen and oxygen atoms in total. The molecule has 150 valence electrons. The van der Waals surface area contributed by atoms with Crippen LogP contribution in [0.2, 0.25) is 0 Å². The van der Waals surface area contributed by atoms with E-state index in [9.17, 15) is 9.59 Å². The van der Waals surface area contributed by atoms with Crippen LogP contribution < -0.4 is 15.4 Å². The molecule has 28 heavy (non-hydrogen) atoms. The number of nitrogens with one attached hydrogen (secondary N) is 3. The fourth-order valence-corrected chi connectivity index (χ4v) is 4.04. The summed E-state index contributed by atoms with van der Waals surface area (Å²) in [5.74, 6) is 0.772. The molecule has 1 saturated heterocycles. The van der Waals surface area contributed by atoms with Crippen LogP contribution in [0, 0.1) is 0 Å². The van der Waals surface area contributed by atoms with E-state index in [1.165, 1.54) is 0 Å². The third kappa shape index (κ3) is 3.99. The summed E-state index contributed by atoms with van der Waals surface area (Å²) < 4.78 is 5.36. The number of fused-ring (bicyclic) bond motifs is 1. The number of likely N-dealkylation sites (N-methyl/N-ethyl adjacent to an activating group) is 1. The zero-order valence-electron chi connectivity index (χ0n) is 16.5. The van der Waals surface area contributed by atoms with Crippen LogP contribution >= 0.6 is 0 Å².